The molecule has 0 radical (unpaired) electrons. The Morgan fingerprint density at radius 3 is 2.58 bits per heavy atom. The van der Waals surface area contributed by atoms with E-state index in [4.69, 9.17) is 0 Å². The van der Waals surface area contributed by atoms with Crippen LogP contribution in [0.1, 0.15) is 4.88 Å². The molecule has 1 aromatic heterocycles. The fraction of sp³-hybridized carbons (Fsp3) is 0.154. The van der Waals surface area contributed by atoms with Gasteiger partial charge in [0, 0.05) is 17.1 Å². The van der Waals surface area contributed by atoms with Gasteiger partial charge in [-0.3, -0.25) is 4.79 Å². The molecule has 2 N–H and O–H groups in total. The Morgan fingerprint density at radius 2 is 1.95 bits per heavy atom. The van der Waals surface area contributed by atoms with Crippen molar-refractivity contribution in [1.29, 1.82) is 0 Å². The predicted octanol–water partition coefficient (Wildman–Crippen LogP) is 3.38. The van der Waals surface area contributed by atoms with Crippen LogP contribution in [0.5, 0.6) is 0 Å². The van der Waals surface area contributed by atoms with E-state index in [0.717, 1.165) is 8.66 Å². The Bertz CT molecular complexity index is 556. The van der Waals surface area contributed by atoms with E-state index >= 15 is 0 Å². The molecule has 3 nitrogen and oxygen atoms in total. The van der Waals surface area contributed by atoms with Crippen molar-refractivity contribution in [2.45, 2.75) is 6.54 Å². The highest BCUT2D eigenvalue weighted by Gasteiger charge is 2.03. The van der Waals surface area contributed by atoms with E-state index in [-0.39, 0.29) is 18.3 Å². The molecule has 0 aliphatic carbocycles. The highest BCUT2D eigenvalue weighted by Crippen LogP contribution is 2.21. The van der Waals surface area contributed by atoms with E-state index in [1.165, 1.54) is 24.3 Å². The number of halogens is 2. The van der Waals surface area contributed by atoms with E-state index in [1.807, 2.05) is 12.1 Å². The monoisotopic (exact) mass is 342 g/mol. The zero-order valence-corrected chi connectivity index (χ0v) is 12.4. The maximum absolute atomic E-state index is 12.7. The van der Waals surface area contributed by atoms with Gasteiger partial charge >= 0.3 is 0 Å². The summed E-state index contributed by atoms with van der Waals surface area (Å²) in [5.74, 6) is -0.471. The van der Waals surface area contributed by atoms with E-state index < -0.39 is 0 Å². The molecule has 0 aliphatic heterocycles. The van der Waals surface area contributed by atoms with Crippen LogP contribution in [0.4, 0.5) is 10.1 Å². The molecule has 2 aromatic rings. The number of carbonyl (C=O) groups excluding carboxylic acids is 1. The molecular formula is C13H12BrFN2OS. The summed E-state index contributed by atoms with van der Waals surface area (Å²) in [5.41, 5.74) is 0.590. The second kappa shape index (κ2) is 6.79. The lowest BCUT2D eigenvalue weighted by Crippen LogP contribution is -2.27. The Balaban J connectivity index is 1.74. The third-order valence-electron chi connectivity index (χ3n) is 2.34. The van der Waals surface area contributed by atoms with Crippen molar-refractivity contribution >= 4 is 38.9 Å². The molecule has 100 valence electrons. The van der Waals surface area contributed by atoms with Crippen LogP contribution in [0.3, 0.4) is 0 Å². The first-order valence-electron chi connectivity index (χ1n) is 5.64. The smallest absolute Gasteiger partial charge is 0.238 e. The largest absolute Gasteiger partial charge is 0.325 e. The van der Waals surface area contributed by atoms with Crippen LogP contribution >= 0.6 is 27.3 Å². The van der Waals surface area contributed by atoms with E-state index in [0.29, 0.717) is 12.2 Å². The summed E-state index contributed by atoms with van der Waals surface area (Å²) in [7, 11) is 0. The van der Waals surface area contributed by atoms with Gasteiger partial charge in [0.15, 0.2) is 0 Å². The molecule has 0 aliphatic rings. The first kappa shape index (κ1) is 14.2. The molecule has 0 unspecified atom stereocenters. The van der Waals surface area contributed by atoms with Gasteiger partial charge < -0.3 is 10.6 Å². The fourth-order valence-electron chi connectivity index (χ4n) is 1.48. The number of rotatable bonds is 5. The quantitative estimate of drug-likeness (QED) is 0.874. The van der Waals surface area contributed by atoms with Gasteiger partial charge in [-0.1, -0.05) is 0 Å². The van der Waals surface area contributed by atoms with Crippen molar-refractivity contribution in [3.63, 3.8) is 0 Å². The van der Waals surface area contributed by atoms with Crippen LogP contribution in [0.2, 0.25) is 0 Å². The highest BCUT2D eigenvalue weighted by atomic mass is 79.9. The van der Waals surface area contributed by atoms with Crippen molar-refractivity contribution in [3.8, 4) is 0 Å². The SMILES string of the molecule is O=C(CNCc1ccc(Br)s1)Nc1ccc(F)cc1. The minimum atomic E-state index is -0.320. The van der Waals surface area contributed by atoms with Crippen LogP contribution in [-0.4, -0.2) is 12.5 Å². The number of nitrogens with one attached hydrogen (secondary N) is 2. The van der Waals surface area contributed by atoms with Crippen LogP contribution in [0.15, 0.2) is 40.2 Å². The molecule has 2 rings (SSSR count). The number of carbonyl (C=O) groups is 1. The Labute approximate surface area is 123 Å². The summed E-state index contributed by atoms with van der Waals surface area (Å²) in [6.07, 6.45) is 0. The second-order valence-corrected chi connectivity index (χ2v) is 6.41. The molecule has 1 aromatic carbocycles. The average Bonchev–Trinajstić information content (AvgIpc) is 2.78. The number of benzene rings is 1. The first-order valence-corrected chi connectivity index (χ1v) is 7.25. The second-order valence-electron chi connectivity index (χ2n) is 3.86. The van der Waals surface area contributed by atoms with Crippen molar-refractivity contribution in [2.24, 2.45) is 0 Å². The van der Waals surface area contributed by atoms with Gasteiger partial charge in [-0.15, -0.1) is 11.3 Å². The molecule has 1 heterocycles. The van der Waals surface area contributed by atoms with Gasteiger partial charge in [0.05, 0.1) is 10.3 Å². The zero-order valence-electron chi connectivity index (χ0n) is 9.95. The van der Waals surface area contributed by atoms with Gasteiger partial charge in [0.25, 0.3) is 0 Å². The standard InChI is InChI=1S/C13H12BrFN2OS/c14-12-6-5-11(19-12)7-16-8-13(18)17-10-3-1-9(15)2-4-10/h1-6,16H,7-8H2,(H,17,18). The predicted molar refractivity (Wildman–Crippen MR) is 78.8 cm³/mol. The lowest BCUT2D eigenvalue weighted by molar-refractivity contribution is -0.115. The van der Waals surface area contributed by atoms with Crippen LogP contribution in [0.25, 0.3) is 0 Å². The third kappa shape index (κ3) is 4.74. The van der Waals surface area contributed by atoms with E-state index in [9.17, 15) is 9.18 Å². The topological polar surface area (TPSA) is 41.1 Å². The fourth-order valence-corrected chi connectivity index (χ4v) is 2.94. The minimum absolute atomic E-state index is 0.151. The van der Waals surface area contributed by atoms with Gasteiger partial charge in [-0.05, 0) is 52.3 Å². The summed E-state index contributed by atoms with van der Waals surface area (Å²) in [4.78, 5) is 12.8. The van der Waals surface area contributed by atoms with Crippen LogP contribution in [0, 0.1) is 5.82 Å². The van der Waals surface area contributed by atoms with Crippen molar-refractivity contribution in [1.82, 2.24) is 5.32 Å². The van der Waals surface area contributed by atoms with Crippen LogP contribution < -0.4 is 10.6 Å². The zero-order chi connectivity index (χ0) is 13.7. The van der Waals surface area contributed by atoms with Gasteiger partial charge in [0.2, 0.25) is 5.91 Å². The van der Waals surface area contributed by atoms with Crippen molar-refractivity contribution in [2.75, 3.05) is 11.9 Å². The number of amides is 1. The number of hydrogen-bond donors (Lipinski definition) is 2. The highest BCUT2D eigenvalue weighted by molar-refractivity contribution is 9.11. The van der Waals surface area contributed by atoms with Crippen molar-refractivity contribution < 1.29 is 9.18 Å². The van der Waals surface area contributed by atoms with Gasteiger partial charge in [-0.2, -0.15) is 0 Å². The molecule has 1 amide bonds. The Hall–Kier alpha value is -1.24. The third-order valence-corrected chi connectivity index (χ3v) is 3.97. The van der Waals surface area contributed by atoms with Crippen LogP contribution in [-0.2, 0) is 11.3 Å². The maximum Gasteiger partial charge on any atom is 0.238 e. The molecule has 0 saturated carbocycles. The van der Waals surface area contributed by atoms with Crippen molar-refractivity contribution in [3.05, 3.63) is 50.9 Å². The lowest BCUT2D eigenvalue weighted by atomic mass is 10.3. The molecule has 0 bridgehead atoms. The Morgan fingerprint density at radius 1 is 1.21 bits per heavy atom. The molecular weight excluding hydrogens is 331 g/mol. The van der Waals surface area contributed by atoms with E-state index in [2.05, 4.69) is 26.6 Å². The molecule has 0 saturated heterocycles. The van der Waals surface area contributed by atoms with Gasteiger partial charge in [-0.25, -0.2) is 4.39 Å². The minimum Gasteiger partial charge on any atom is -0.325 e. The first-order chi connectivity index (χ1) is 9.13. The summed E-state index contributed by atoms with van der Waals surface area (Å²) in [5, 5.41) is 5.74. The molecule has 6 heteroatoms. The van der Waals surface area contributed by atoms with E-state index in [1.54, 1.807) is 11.3 Å². The number of anilines is 1. The molecule has 0 atom stereocenters. The summed E-state index contributed by atoms with van der Waals surface area (Å²) >= 11 is 5.01. The summed E-state index contributed by atoms with van der Waals surface area (Å²) in [6.45, 7) is 0.861. The summed E-state index contributed by atoms with van der Waals surface area (Å²) < 4.78 is 13.8. The average molecular weight is 343 g/mol. The normalized spacial score (nSPS) is 10.4. The molecule has 19 heavy (non-hydrogen) atoms. The maximum atomic E-state index is 12.7. The molecule has 0 fully saturated rings. The van der Waals surface area contributed by atoms with Gasteiger partial charge in [0.1, 0.15) is 5.82 Å². The number of hydrogen-bond acceptors (Lipinski definition) is 3. The molecule has 0 spiro atoms. The Kier molecular flexibility index (Phi) is 5.07. The number of thiophene rings is 1. The lowest BCUT2D eigenvalue weighted by Gasteiger charge is -2.05. The summed E-state index contributed by atoms with van der Waals surface area (Å²) in [6, 6.07) is 9.66.